The maximum absolute atomic E-state index is 5.80. The van der Waals surface area contributed by atoms with Gasteiger partial charge in [-0.1, -0.05) is 12.1 Å². The van der Waals surface area contributed by atoms with Gasteiger partial charge in [0.25, 0.3) is 0 Å². The van der Waals surface area contributed by atoms with E-state index in [1.807, 2.05) is 42.1 Å². The van der Waals surface area contributed by atoms with Crippen molar-refractivity contribution in [1.82, 2.24) is 9.78 Å². The number of hydrogen-bond acceptors (Lipinski definition) is 3. The summed E-state index contributed by atoms with van der Waals surface area (Å²) < 4.78 is 7.59. The van der Waals surface area contributed by atoms with Crippen molar-refractivity contribution in [3.63, 3.8) is 0 Å². The number of ether oxygens (including phenoxy) is 1. The topological polar surface area (TPSA) is 53.1 Å². The van der Waals surface area contributed by atoms with Crippen LogP contribution in [0.4, 0.5) is 0 Å². The molecule has 96 valence electrons. The van der Waals surface area contributed by atoms with Gasteiger partial charge in [-0.15, -0.1) is 0 Å². The third kappa shape index (κ3) is 2.90. The molecule has 2 N–H and O–H groups in total. The van der Waals surface area contributed by atoms with E-state index in [4.69, 9.17) is 10.5 Å². The van der Waals surface area contributed by atoms with Gasteiger partial charge in [-0.05, 0) is 38.5 Å². The molecular formula is C14H19N3O. The summed E-state index contributed by atoms with van der Waals surface area (Å²) in [6.45, 7) is 6.12. The second-order valence-corrected chi connectivity index (χ2v) is 4.71. The van der Waals surface area contributed by atoms with Gasteiger partial charge in [0.15, 0.2) is 5.75 Å². The average molecular weight is 245 g/mol. The standard InChI is InChI=1S/C14H19N3O/c1-10(2)17-9-14(8-16-17)18-13-6-4-12(5-7-13)11(3)15/h4-11H,15H2,1-3H3. The fourth-order valence-electron chi connectivity index (χ4n) is 1.63. The molecule has 2 aromatic rings. The molecule has 2 rings (SSSR count). The summed E-state index contributed by atoms with van der Waals surface area (Å²) in [7, 11) is 0. The molecule has 1 heterocycles. The molecule has 0 bridgehead atoms. The Morgan fingerprint density at radius 2 is 1.78 bits per heavy atom. The van der Waals surface area contributed by atoms with Crippen LogP contribution in [-0.4, -0.2) is 9.78 Å². The third-order valence-corrected chi connectivity index (χ3v) is 2.75. The quantitative estimate of drug-likeness (QED) is 0.899. The van der Waals surface area contributed by atoms with Gasteiger partial charge < -0.3 is 10.5 Å². The summed E-state index contributed by atoms with van der Waals surface area (Å²) in [5.41, 5.74) is 6.90. The molecule has 0 fully saturated rings. The van der Waals surface area contributed by atoms with Crippen molar-refractivity contribution in [2.24, 2.45) is 5.73 Å². The monoisotopic (exact) mass is 245 g/mol. The fraction of sp³-hybridized carbons (Fsp3) is 0.357. The van der Waals surface area contributed by atoms with Gasteiger partial charge in [-0.2, -0.15) is 5.10 Å². The minimum atomic E-state index is 0.0442. The summed E-state index contributed by atoms with van der Waals surface area (Å²) in [4.78, 5) is 0. The zero-order valence-electron chi connectivity index (χ0n) is 11.0. The van der Waals surface area contributed by atoms with Crippen LogP contribution in [0.1, 0.15) is 38.4 Å². The van der Waals surface area contributed by atoms with Crippen molar-refractivity contribution in [1.29, 1.82) is 0 Å². The van der Waals surface area contributed by atoms with E-state index in [0.717, 1.165) is 17.1 Å². The number of hydrogen-bond donors (Lipinski definition) is 1. The summed E-state index contributed by atoms with van der Waals surface area (Å²) in [5, 5.41) is 4.23. The van der Waals surface area contributed by atoms with Crippen LogP contribution in [-0.2, 0) is 0 Å². The Hall–Kier alpha value is -1.81. The Morgan fingerprint density at radius 1 is 1.11 bits per heavy atom. The van der Waals surface area contributed by atoms with E-state index in [9.17, 15) is 0 Å². The lowest BCUT2D eigenvalue weighted by Gasteiger charge is -2.07. The molecule has 0 saturated heterocycles. The molecule has 1 aromatic heterocycles. The van der Waals surface area contributed by atoms with Crippen molar-refractivity contribution >= 4 is 0 Å². The Kier molecular flexibility index (Phi) is 3.67. The molecule has 18 heavy (non-hydrogen) atoms. The minimum absolute atomic E-state index is 0.0442. The van der Waals surface area contributed by atoms with Crippen LogP contribution >= 0.6 is 0 Å². The molecule has 0 spiro atoms. The van der Waals surface area contributed by atoms with Gasteiger partial charge in [0.05, 0.1) is 12.4 Å². The molecule has 0 aliphatic carbocycles. The van der Waals surface area contributed by atoms with Crippen LogP contribution < -0.4 is 10.5 Å². The lowest BCUT2D eigenvalue weighted by molar-refractivity contribution is 0.477. The lowest BCUT2D eigenvalue weighted by Crippen LogP contribution is -2.04. The van der Waals surface area contributed by atoms with Crippen LogP contribution in [0.25, 0.3) is 0 Å². The number of aromatic nitrogens is 2. The first-order valence-corrected chi connectivity index (χ1v) is 6.14. The molecule has 4 heteroatoms. The summed E-state index contributed by atoms with van der Waals surface area (Å²) in [6, 6.07) is 8.18. The Balaban J connectivity index is 2.08. The molecule has 0 radical (unpaired) electrons. The van der Waals surface area contributed by atoms with E-state index in [2.05, 4.69) is 18.9 Å². The van der Waals surface area contributed by atoms with Gasteiger partial charge in [0, 0.05) is 12.1 Å². The molecule has 0 amide bonds. The number of rotatable bonds is 4. The molecule has 1 aromatic carbocycles. The van der Waals surface area contributed by atoms with Crippen LogP contribution in [0.15, 0.2) is 36.7 Å². The minimum Gasteiger partial charge on any atom is -0.454 e. The predicted molar refractivity (Wildman–Crippen MR) is 71.7 cm³/mol. The first kappa shape index (κ1) is 12.6. The Morgan fingerprint density at radius 3 is 2.28 bits per heavy atom. The van der Waals surface area contributed by atoms with E-state index < -0.39 is 0 Å². The molecular weight excluding hydrogens is 226 g/mol. The Bertz CT molecular complexity index is 500. The molecule has 1 unspecified atom stereocenters. The van der Waals surface area contributed by atoms with Crippen molar-refractivity contribution in [3.8, 4) is 11.5 Å². The van der Waals surface area contributed by atoms with Crippen LogP contribution in [0.2, 0.25) is 0 Å². The number of nitrogens with zero attached hydrogens (tertiary/aromatic N) is 2. The van der Waals surface area contributed by atoms with Crippen molar-refractivity contribution in [2.45, 2.75) is 32.9 Å². The first-order valence-electron chi connectivity index (χ1n) is 6.14. The molecule has 4 nitrogen and oxygen atoms in total. The van der Waals surface area contributed by atoms with Gasteiger partial charge >= 0.3 is 0 Å². The maximum atomic E-state index is 5.80. The predicted octanol–water partition coefficient (Wildman–Crippen LogP) is 3.28. The average Bonchev–Trinajstić information content (AvgIpc) is 2.78. The molecule has 1 atom stereocenters. The summed E-state index contributed by atoms with van der Waals surface area (Å²) >= 11 is 0. The zero-order chi connectivity index (χ0) is 13.1. The van der Waals surface area contributed by atoms with E-state index in [-0.39, 0.29) is 6.04 Å². The van der Waals surface area contributed by atoms with E-state index in [1.165, 1.54) is 0 Å². The highest BCUT2D eigenvalue weighted by Crippen LogP contribution is 2.23. The third-order valence-electron chi connectivity index (χ3n) is 2.75. The molecule has 0 saturated carbocycles. The summed E-state index contributed by atoms with van der Waals surface area (Å²) in [6.07, 6.45) is 3.61. The largest absolute Gasteiger partial charge is 0.454 e. The van der Waals surface area contributed by atoms with Gasteiger partial charge in [0.2, 0.25) is 0 Å². The smallest absolute Gasteiger partial charge is 0.165 e. The molecule has 0 aliphatic rings. The zero-order valence-corrected chi connectivity index (χ0v) is 11.0. The van der Waals surface area contributed by atoms with Crippen molar-refractivity contribution in [2.75, 3.05) is 0 Å². The fourth-order valence-corrected chi connectivity index (χ4v) is 1.63. The first-order chi connectivity index (χ1) is 8.56. The van der Waals surface area contributed by atoms with E-state index in [0.29, 0.717) is 6.04 Å². The highest BCUT2D eigenvalue weighted by atomic mass is 16.5. The SMILES string of the molecule is CC(N)c1ccc(Oc2cnn(C(C)C)c2)cc1. The second-order valence-electron chi connectivity index (χ2n) is 4.71. The Labute approximate surface area is 107 Å². The second kappa shape index (κ2) is 5.23. The van der Waals surface area contributed by atoms with Crippen molar-refractivity contribution in [3.05, 3.63) is 42.2 Å². The highest BCUT2D eigenvalue weighted by Gasteiger charge is 2.04. The molecule has 0 aliphatic heterocycles. The summed E-state index contributed by atoms with van der Waals surface area (Å²) in [5.74, 6) is 1.54. The van der Waals surface area contributed by atoms with Crippen molar-refractivity contribution < 1.29 is 4.74 Å². The van der Waals surface area contributed by atoms with Crippen LogP contribution in [0.3, 0.4) is 0 Å². The lowest BCUT2D eigenvalue weighted by atomic mass is 10.1. The van der Waals surface area contributed by atoms with Gasteiger partial charge in [-0.25, -0.2) is 0 Å². The van der Waals surface area contributed by atoms with E-state index >= 15 is 0 Å². The van der Waals surface area contributed by atoms with Crippen LogP contribution in [0, 0.1) is 0 Å². The highest BCUT2D eigenvalue weighted by molar-refractivity contribution is 5.32. The van der Waals surface area contributed by atoms with Crippen LogP contribution in [0.5, 0.6) is 11.5 Å². The normalized spacial score (nSPS) is 12.7. The number of nitrogens with two attached hydrogens (primary N) is 1. The van der Waals surface area contributed by atoms with Gasteiger partial charge in [-0.3, -0.25) is 4.68 Å². The van der Waals surface area contributed by atoms with Gasteiger partial charge in [0.1, 0.15) is 5.75 Å². The van der Waals surface area contributed by atoms with E-state index in [1.54, 1.807) is 6.20 Å². The maximum Gasteiger partial charge on any atom is 0.165 e. The number of benzene rings is 1.